The Morgan fingerprint density at radius 2 is 2.00 bits per heavy atom. The molecule has 0 amide bonds. The van der Waals surface area contributed by atoms with Gasteiger partial charge in [-0.2, -0.15) is 0 Å². The number of halogens is 1. The topological polar surface area (TPSA) is 56.5 Å². The molecule has 0 saturated carbocycles. The lowest BCUT2D eigenvalue weighted by Gasteiger charge is -2.02. The van der Waals surface area contributed by atoms with Crippen LogP contribution in [0.4, 0.5) is 0 Å². The second-order valence-electron chi connectivity index (χ2n) is 3.94. The summed E-state index contributed by atoms with van der Waals surface area (Å²) in [6, 6.07) is 11.3. The zero-order valence-electron chi connectivity index (χ0n) is 11.4. The van der Waals surface area contributed by atoms with Crippen LogP contribution >= 0.6 is 12.4 Å². The molecule has 0 aliphatic carbocycles. The number of para-hydroxylation sites is 1. The van der Waals surface area contributed by atoms with Gasteiger partial charge in [-0.25, -0.2) is 0 Å². The molecular weight excluding hydrogens is 280 g/mol. The van der Waals surface area contributed by atoms with Gasteiger partial charge in [-0.1, -0.05) is 25.1 Å². The van der Waals surface area contributed by atoms with Crippen molar-refractivity contribution in [1.29, 1.82) is 0 Å². The van der Waals surface area contributed by atoms with Crippen LogP contribution in [0.1, 0.15) is 12.7 Å². The lowest BCUT2D eigenvalue weighted by atomic mass is 10.3. The van der Waals surface area contributed by atoms with E-state index in [9.17, 15) is 0 Å². The van der Waals surface area contributed by atoms with Crippen LogP contribution in [-0.4, -0.2) is 24.9 Å². The number of hydrogen-bond acceptors (Lipinski definition) is 5. The summed E-state index contributed by atoms with van der Waals surface area (Å²) in [7, 11) is 0. The second kappa shape index (κ2) is 9.23. The Morgan fingerprint density at radius 3 is 2.75 bits per heavy atom. The van der Waals surface area contributed by atoms with Crippen molar-refractivity contribution >= 4 is 12.4 Å². The van der Waals surface area contributed by atoms with Crippen molar-refractivity contribution in [3.05, 3.63) is 42.2 Å². The molecule has 1 aromatic heterocycles. The summed E-state index contributed by atoms with van der Waals surface area (Å²) in [6.07, 6.45) is 0. The summed E-state index contributed by atoms with van der Waals surface area (Å²) in [4.78, 5) is 0. The minimum atomic E-state index is 0. The number of hydrogen-bond donors (Lipinski definition) is 1. The predicted octanol–water partition coefficient (Wildman–Crippen LogP) is 2.66. The van der Waals surface area contributed by atoms with E-state index in [0.717, 1.165) is 18.8 Å². The number of nitrogens with zero attached hydrogens (tertiary/aromatic N) is 1. The molecule has 6 heteroatoms. The molecule has 0 spiro atoms. The van der Waals surface area contributed by atoms with Gasteiger partial charge in [0.2, 0.25) is 0 Å². The average Bonchev–Trinajstić information content (AvgIpc) is 2.91. The fraction of sp³-hybridized carbons (Fsp3) is 0.357. The third kappa shape index (κ3) is 5.50. The van der Waals surface area contributed by atoms with Crippen molar-refractivity contribution in [2.24, 2.45) is 0 Å². The van der Waals surface area contributed by atoms with Gasteiger partial charge in [0.1, 0.15) is 19.0 Å². The third-order valence-electron chi connectivity index (χ3n) is 2.44. The number of aromatic nitrogens is 1. The van der Waals surface area contributed by atoms with E-state index in [1.165, 1.54) is 0 Å². The van der Waals surface area contributed by atoms with E-state index in [0.29, 0.717) is 24.9 Å². The van der Waals surface area contributed by atoms with Gasteiger partial charge in [-0.15, -0.1) is 12.4 Å². The zero-order valence-corrected chi connectivity index (χ0v) is 12.2. The first-order valence-corrected chi connectivity index (χ1v) is 6.35. The van der Waals surface area contributed by atoms with Gasteiger partial charge in [0.15, 0.2) is 5.76 Å². The molecular formula is C14H19ClN2O3. The Morgan fingerprint density at radius 1 is 1.20 bits per heavy atom. The molecule has 110 valence electrons. The smallest absolute Gasteiger partial charge is 0.254 e. The van der Waals surface area contributed by atoms with E-state index >= 15 is 0 Å². The molecule has 0 aliphatic heterocycles. The average molecular weight is 299 g/mol. The summed E-state index contributed by atoms with van der Waals surface area (Å²) in [6.45, 7) is 4.68. The molecule has 0 aliphatic rings. The highest BCUT2D eigenvalue weighted by atomic mass is 35.5. The maximum atomic E-state index is 5.55. The summed E-state index contributed by atoms with van der Waals surface area (Å²) >= 11 is 0. The maximum absolute atomic E-state index is 5.55. The molecule has 0 atom stereocenters. The lowest BCUT2D eigenvalue weighted by Crippen LogP contribution is -2.20. The molecule has 0 fully saturated rings. The highest BCUT2D eigenvalue weighted by Crippen LogP contribution is 2.15. The molecule has 1 aromatic carbocycles. The zero-order chi connectivity index (χ0) is 13.3. The van der Waals surface area contributed by atoms with E-state index in [2.05, 4.69) is 17.4 Å². The van der Waals surface area contributed by atoms with Crippen molar-refractivity contribution in [3.8, 4) is 11.6 Å². The van der Waals surface area contributed by atoms with E-state index < -0.39 is 0 Å². The SMILES string of the molecule is CCNCCOc1cc(COc2ccccc2)on1.Cl. The number of benzene rings is 1. The molecule has 0 bridgehead atoms. The van der Waals surface area contributed by atoms with E-state index in [1.807, 2.05) is 30.3 Å². The van der Waals surface area contributed by atoms with Gasteiger partial charge in [-0.05, 0) is 23.8 Å². The number of likely N-dealkylation sites (N-methyl/N-ethyl adjacent to an activating group) is 1. The normalized spacial score (nSPS) is 9.85. The molecule has 0 saturated heterocycles. The minimum Gasteiger partial charge on any atom is -0.486 e. The number of nitrogens with one attached hydrogen (secondary N) is 1. The van der Waals surface area contributed by atoms with Crippen LogP contribution in [0.25, 0.3) is 0 Å². The summed E-state index contributed by atoms with van der Waals surface area (Å²) in [5, 5.41) is 6.98. The first kappa shape index (κ1) is 16.3. The Hall–Kier alpha value is -1.72. The number of rotatable bonds is 8. The van der Waals surface area contributed by atoms with Crippen LogP contribution in [0.3, 0.4) is 0 Å². The summed E-state index contributed by atoms with van der Waals surface area (Å²) < 4.78 is 16.1. The summed E-state index contributed by atoms with van der Waals surface area (Å²) in [5.74, 6) is 1.93. The Bertz CT molecular complexity index is 476. The van der Waals surface area contributed by atoms with Crippen LogP contribution in [-0.2, 0) is 6.61 Å². The maximum Gasteiger partial charge on any atom is 0.254 e. The van der Waals surface area contributed by atoms with Crippen LogP contribution < -0.4 is 14.8 Å². The quantitative estimate of drug-likeness (QED) is 0.759. The van der Waals surface area contributed by atoms with Gasteiger partial charge >= 0.3 is 0 Å². The third-order valence-corrected chi connectivity index (χ3v) is 2.44. The van der Waals surface area contributed by atoms with Gasteiger partial charge < -0.3 is 19.3 Å². The molecule has 1 N–H and O–H groups in total. The second-order valence-corrected chi connectivity index (χ2v) is 3.94. The largest absolute Gasteiger partial charge is 0.486 e. The Kier molecular flexibility index (Phi) is 7.54. The van der Waals surface area contributed by atoms with Crippen LogP contribution in [0.5, 0.6) is 11.6 Å². The molecule has 2 rings (SSSR count). The van der Waals surface area contributed by atoms with Crippen molar-refractivity contribution in [3.63, 3.8) is 0 Å². The Balaban J connectivity index is 0.00000200. The standard InChI is InChI=1S/C14H18N2O3.ClH/c1-2-15-8-9-17-14-10-13(19-16-14)11-18-12-6-4-3-5-7-12;/h3-7,10,15H,2,8-9,11H2,1H3;1H. The molecule has 20 heavy (non-hydrogen) atoms. The van der Waals surface area contributed by atoms with Gasteiger partial charge in [0.05, 0.1) is 0 Å². The highest BCUT2D eigenvalue weighted by molar-refractivity contribution is 5.85. The monoisotopic (exact) mass is 298 g/mol. The molecule has 5 nitrogen and oxygen atoms in total. The fourth-order valence-electron chi connectivity index (χ4n) is 1.51. The van der Waals surface area contributed by atoms with Crippen LogP contribution in [0, 0.1) is 0 Å². The fourth-order valence-corrected chi connectivity index (χ4v) is 1.51. The summed E-state index contributed by atoms with van der Waals surface area (Å²) in [5.41, 5.74) is 0. The van der Waals surface area contributed by atoms with Crippen molar-refractivity contribution in [1.82, 2.24) is 10.5 Å². The Labute approximate surface area is 124 Å². The first-order chi connectivity index (χ1) is 9.38. The highest BCUT2D eigenvalue weighted by Gasteiger charge is 2.05. The molecule has 0 unspecified atom stereocenters. The van der Waals surface area contributed by atoms with Crippen LogP contribution in [0.15, 0.2) is 40.9 Å². The minimum absolute atomic E-state index is 0. The lowest BCUT2D eigenvalue weighted by molar-refractivity contribution is 0.238. The van der Waals surface area contributed by atoms with Crippen molar-refractivity contribution in [2.75, 3.05) is 19.7 Å². The molecule has 0 radical (unpaired) electrons. The van der Waals surface area contributed by atoms with Crippen molar-refractivity contribution in [2.45, 2.75) is 13.5 Å². The number of ether oxygens (including phenoxy) is 2. The van der Waals surface area contributed by atoms with Crippen molar-refractivity contribution < 1.29 is 14.0 Å². The van der Waals surface area contributed by atoms with E-state index in [1.54, 1.807) is 6.07 Å². The van der Waals surface area contributed by atoms with E-state index in [4.69, 9.17) is 14.0 Å². The van der Waals surface area contributed by atoms with Gasteiger partial charge in [0, 0.05) is 12.6 Å². The predicted molar refractivity (Wildman–Crippen MR) is 78.6 cm³/mol. The van der Waals surface area contributed by atoms with Gasteiger partial charge in [-0.3, -0.25) is 0 Å². The van der Waals surface area contributed by atoms with Crippen LogP contribution in [0.2, 0.25) is 0 Å². The molecule has 2 aromatic rings. The van der Waals surface area contributed by atoms with Gasteiger partial charge in [0.25, 0.3) is 5.88 Å². The first-order valence-electron chi connectivity index (χ1n) is 6.35. The molecule has 1 heterocycles. The van der Waals surface area contributed by atoms with E-state index in [-0.39, 0.29) is 12.4 Å².